The second-order valence-corrected chi connectivity index (χ2v) is 6.30. The molecule has 0 bridgehead atoms. The molecule has 1 atom stereocenters. The van der Waals surface area contributed by atoms with E-state index in [1.54, 1.807) is 0 Å². The maximum absolute atomic E-state index is 3.62. The lowest BCUT2D eigenvalue weighted by Crippen LogP contribution is -2.51. The SMILES string of the molecule is CCC(CC)CN1CCCC2(CCCNC2)C1. The van der Waals surface area contributed by atoms with E-state index in [1.165, 1.54) is 71.2 Å². The number of piperidine rings is 2. The number of likely N-dealkylation sites (tertiary alicyclic amines) is 1. The first-order chi connectivity index (χ1) is 8.28. The van der Waals surface area contributed by atoms with Gasteiger partial charge in [-0.15, -0.1) is 0 Å². The van der Waals surface area contributed by atoms with Crippen molar-refractivity contribution in [2.24, 2.45) is 11.3 Å². The van der Waals surface area contributed by atoms with Crippen LogP contribution in [0, 0.1) is 11.3 Å². The van der Waals surface area contributed by atoms with Gasteiger partial charge < -0.3 is 10.2 Å². The van der Waals surface area contributed by atoms with Gasteiger partial charge in [0.2, 0.25) is 0 Å². The van der Waals surface area contributed by atoms with Gasteiger partial charge in [-0.3, -0.25) is 0 Å². The zero-order chi connectivity index (χ0) is 12.1. The van der Waals surface area contributed by atoms with Gasteiger partial charge in [0, 0.05) is 19.6 Å². The lowest BCUT2D eigenvalue weighted by Gasteiger charge is -2.46. The highest BCUT2D eigenvalue weighted by Crippen LogP contribution is 2.36. The van der Waals surface area contributed by atoms with Crippen LogP contribution in [0.1, 0.15) is 52.4 Å². The average molecular weight is 238 g/mol. The molecule has 2 aliphatic rings. The summed E-state index contributed by atoms with van der Waals surface area (Å²) in [5.41, 5.74) is 0.628. The topological polar surface area (TPSA) is 15.3 Å². The van der Waals surface area contributed by atoms with Crippen LogP contribution >= 0.6 is 0 Å². The van der Waals surface area contributed by atoms with Crippen LogP contribution in [0.5, 0.6) is 0 Å². The Labute approximate surface area is 107 Å². The van der Waals surface area contributed by atoms with Gasteiger partial charge in [0.15, 0.2) is 0 Å². The molecule has 2 fully saturated rings. The molecule has 0 amide bonds. The van der Waals surface area contributed by atoms with Crippen molar-refractivity contribution in [3.63, 3.8) is 0 Å². The fourth-order valence-corrected chi connectivity index (χ4v) is 3.76. The Morgan fingerprint density at radius 3 is 2.59 bits per heavy atom. The summed E-state index contributed by atoms with van der Waals surface area (Å²) in [5.74, 6) is 0.918. The molecule has 0 saturated carbocycles. The Morgan fingerprint density at radius 2 is 1.94 bits per heavy atom. The molecular weight excluding hydrogens is 208 g/mol. The number of nitrogens with one attached hydrogen (secondary N) is 1. The first kappa shape index (κ1) is 13.4. The Balaban J connectivity index is 1.87. The summed E-state index contributed by atoms with van der Waals surface area (Å²) < 4.78 is 0. The van der Waals surface area contributed by atoms with Gasteiger partial charge in [-0.1, -0.05) is 26.7 Å². The summed E-state index contributed by atoms with van der Waals surface area (Å²) in [6.07, 6.45) is 8.41. The van der Waals surface area contributed by atoms with E-state index in [4.69, 9.17) is 0 Å². The highest BCUT2D eigenvalue weighted by atomic mass is 15.1. The first-order valence-corrected chi connectivity index (χ1v) is 7.71. The Hall–Kier alpha value is -0.0800. The van der Waals surface area contributed by atoms with Crippen molar-refractivity contribution >= 4 is 0 Å². The van der Waals surface area contributed by atoms with Crippen molar-refractivity contribution in [2.75, 3.05) is 32.7 Å². The minimum absolute atomic E-state index is 0.628. The normalized spacial score (nSPS) is 31.2. The Bertz CT molecular complexity index is 211. The Morgan fingerprint density at radius 1 is 1.18 bits per heavy atom. The van der Waals surface area contributed by atoms with Crippen molar-refractivity contribution in [2.45, 2.75) is 52.4 Å². The number of rotatable bonds is 4. The van der Waals surface area contributed by atoms with Crippen molar-refractivity contribution in [1.82, 2.24) is 10.2 Å². The molecule has 2 rings (SSSR count). The van der Waals surface area contributed by atoms with E-state index >= 15 is 0 Å². The molecule has 2 heterocycles. The molecule has 2 aliphatic heterocycles. The minimum atomic E-state index is 0.628. The standard InChI is InChI=1S/C15H30N2/c1-3-14(4-2)11-17-10-6-8-15(13-17)7-5-9-16-12-15/h14,16H,3-13H2,1-2H3. The van der Waals surface area contributed by atoms with E-state index in [1.807, 2.05) is 0 Å². The van der Waals surface area contributed by atoms with Gasteiger partial charge in [-0.25, -0.2) is 0 Å². The molecule has 0 aromatic heterocycles. The molecule has 2 nitrogen and oxygen atoms in total. The third-order valence-electron chi connectivity index (χ3n) is 4.97. The summed E-state index contributed by atoms with van der Waals surface area (Å²) in [4.78, 5) is 2.76. The maximum Gasteiger partial charge on any atom is 0.00503 e. The highest BCUT2D eigenvalue weighted by Gasteiger charge is 2.36. The van der Waals surface area contributed by atoms with Gasteiger partial charge in [-0.05, 0) is 50.1 Å². The molecule has 0 aliphatic carbocycles. The lowest BCUT2D eigenvalue weighted by molar-refractivity contribution is 0.0539. The van der Waals surface area contributed by atoms with Crippen LogP contribution in [-0.2, 0) is 0 Å². The summed E-state index contributed by atoms with van der Waals surface area (Å²) in [7, 11) is 0. The molecular formula is C15H30N2. The molecule has 0 aromatic rings. The van der Waals surface area contributed by atoms with Crippen molar-refractivity contribution in [3.8, 4) is 0 Å². The van der Waals surface area contributed by atoms with Crippen LogP contribution in [-0.4, -0.2) is 37.6 Å². The summed E-state index contributed by atoms with van der Waals surface area (Å²) in [5, 5.41) is 3.62. The molecule has 17 heavy (non-hydrogen) atoms. The maximum atomic E-state index is 3.62. The van der Waals surface area contributed by atoms with Gasteiger partial charge in [0.05, 0.1) is 0 Å². The minimum Gasteiger partial charge on any atom is -0.316 e. The fraction of sp³-hybridized carbons (Fsp3) is 1.00. The van der Waals surface area contributed by atoms with Crippen LogP contribution in [0.25, 0.3) is 0 Å². The van der Waals surface area contributed by atoms with Crippen LogP contribution in [0.15, 0.2) is 0 Å². The van der Waals surface area contributed by atoms with E-state index < -0.39 is 0 Å². The Kier molecular flexibility index (Phi) is 4.87. The highest BCUT2D eigenvalue weighted by molar-refractivity contribution is 4.91. The molecule has 2 heteroatoms. The smallest absolute Gasteiger partial charge is 0.00503 e. The third-order valence-corrected chi connectivity index (χ3v) is 4.97. The summed E-state index contributed by atoms with van der Waals surface area (Å²) in [6.45, 7) is 11.2. The van der Waals surface area contributed by atoms with Crippen molar-refractivity contribution in [1.29, 1.82) is 0 Å². The zero-order valence-corrected chi connectivity index (χ0v) is 11.8. The largest absolute Gasteiger partial charge is 0.316 e. The van der Waals surface area contributed by atoms with Crippen molar-refractivity contribution in [3.05, 3.63) is 0 Å². The van der Waals surface area contributed by atoms with Crippen LogP contribution in [0.2, 0.25) is 0 Å². The second-order valence-electron chi connectivity index (χ2n) is 6.30. The van der Waals surface area contributed by atoms with E-state index in [-0.39, 0.29) is 0 Å². The summed E-state index contributed by atoms with van der Waals surface area (Å²) in [6, 6.07) is 0. The lowest BCUT2D eigenvalue weighted by atomic mass is 9.74. The van der Waals surface area contributed by atoms with E-state index in [0.717, 1.165) is 5.92 Å². The van der Waals surface area contributed by atoms with Gasteiger partial charge in [0.1, 0.15) is 0 Å². The summed E-state index contributed by atoms with van der Waals surface area (Å²) >= 11 is 0. The molecule has 0 aromatic carbocycles. The van der Waals surface area contributed by atoms with Crippen molar-refractivity contribution < 1.29 is 0 Å². The monoisotopic (exact) mass is 238 g/mol. The third kappa shape index (κ3) is 3.45. The zero-order valence-electron chi connectivity index (χ0n) is 11.8. The van der Waals surface area contributed by atoms with E-state index in [9.17, 15) is 0 Å². The average Bonchev–Trinajstić information content (AvgIpc) is 2.37. The van der Waals surface area contributed by atoms with Crippen LogP contribution < -0.4 is 5.32 Å². The quantitative estimate of drug-likeness (QED) is 0.810. The van der Waals surface area contributed by atoms with E-state index in [2.05, 4.69) is 24.1 Å². The number of hydrogen-bond acceptors (Lipinski definition) is 2. The number of nitrogens with zero attached hydrogens (tertiary/aromatic N) is 1. The molecule has 0 radical (unpaired) electrons. The van der Waals surface area contributed by atoms with Gasteiger partial charge in [-0.2, -0.15) is 0 Å². The van der Waals surface area contributed by atoms with Gasteiger partial charge in [0.25, 0.3) is 0 Å². The molecule has 1 spiro atoms. The molecule has 2 saturated heterocycles. The first-order valence-electron chi connectivity index (χ1n) is 7.71. The predicted molar refractivity (Wildman–Crippen MR) is 74.3 cm³/mol. The van der Waals surface area contributed by atoms with Crippen LogP contribution in [0.3, 0.4) is 0 Å². The van der Waals surface area contributed by atoms with Crippen LogP contribution in [0.4, 0.5) is 0 Å². The molecule has 100 valence electrons. The molecule has 1 unspecified atom stereocenters. The fourth-order valence-electron chi connectivity index (χ4n) is 3.76. The predicted octanol–water partition coefficient (Wildman–Crippen LogP) is 2.89. The van der Waals surface area contributed by atoms with Gasteiger partial charge >= 0.3 is 0 Å². The second kappa shape index (κ2) is 6.19. The number of hydrogen-bond donors (Lipinski definition) is 1. The van der Waals surface area contributed by atoms with E-state index in [0.29, 0.717) is 5.41 Å². The molecule has 1 N–H and O–H groups in total.